The normalized spacial score (nSPS) is 9.93. The molecular weight excluding hydrogens is 337 g/mol. The molecule has 6 heteroatoms. The minimum atomic E-state index is -0.545. The van der Waals surface area contributed by atoms with E-state index < -0.39 is 5.91 Å². The number of carbonyl (C=O) groups is 1. The Hall–Kier alpha value is -0.260. The molecule has 0 fully saturated rings. The van der Waals surface area contributed by atoms with Gasteiger partial charge in [-0.05, 0) is 28.1 Å². The van der Waals surface area contributed by atoms with Crippen molar-refractivity contribution in [1.29, 1.82) is 0 Å². The van der Waals surface area contributed by atoms with Crippen LogP contribution in [-0.2, 0) is 4.79 Å². The molecule has 1 aromatic rings. The summed E-state index contributed by atoms with van der Waals surface area (Å²) in [4.78, 5) is 10.5. The molecule has 1 rings (SSSR count). The summed E-state index contributed by atoms with van der Waals surface area (Å²) >= 11 is 12.4. The molecule has 0 spiro atoms. The molecule has 0 bridgehead atoms. The lowest BCUT2D eigenvalue weighted by Crippen LogP contribution is -2.20. The molecule has 0 atom stereocenters. The molecule has 2 N–H and O–H groups in total. The number of ether oxygens (including phenoxy) is 1. The fourth-order valence-corrected chi connectivity index (χ4v) is 2.67. The van der Waals surface area contributed by atoms with Gasteiger partial charge < -0.3 is 10.5 Å². The van der Waals surface area contributed by atoms with Gasteiger partial charge in [0, 0.05) is 4.47 Å². The molecule has 3 nitrogen and oxygen atoms in total. The average Bonchev–Trinajstić information content (AvgIpc) is 2.01. The van der Waals surface area contributed by atoms with Crippen LogP contribution < -0.4 is 10.5 Å². The highest BCUT2D eigenvalue weighted by Crippen LogP contribution is 2.35. The molecule has 0 radical (unpaired) electrons. The van der Waals surface area contributed by atoms with E-state index in [2.05, 4.69) is 31.9 Å². The number of rotatable bonds is 3. The van der Waals surface area contributed by atoms with Crippen LogP contribution in [0, 0.1) is 0 Å². The Labute approximate surface area is 103 Å². The van der Waals surface area contributed by atoms with Gasteiger partial charge in [0.1, 0.15) is 0 Å². The second-order valence-electron chi connectivity index (χ2n) is 2.45. The van der Waals surface area contributed by atoms with Gasteiger partial charge in [0.2, 0.25) is 0 Å². The van der Waals surface area contributed by atoms with Crippen molar-refractivity contribution in [2.24, 2.45) is 5.73 Å². The van der Waals surface area contributed by atoms with Crippen LogP contribution >= 0.6 is 43.5 Å². The van der Waals surface area contributed by atoms with Crippen LogP contribution in [0.3, 0.4) is 0 Å². The number of benzene rings is 1. The third-order valence-electron chi connectivity index (χ3n) is 1.32. The zero-order valence-corrected chi connectivity index (χ0v) is 10.8. The van der Waals surface area contributed by atoms with Gasteiger partial charge in [-0.25, -0.2) is 0 Å². The van der Waals surface area contributed by atoms with Gasteiger partial charge in [-0.1, -0.05) is 27.5 Å². The lowest BCUT2D eigenvalue weighted by molar-refractivity contribution is -0.119. The van der Waals surface area contributed by atoms with Gasteiger partial charge >= 0.3 is 0 Å². The third kappa shape index (κ3) is 3.15. The van der Waals surface area contributed by atoms with E-state index in [0.717, 1.165) is 4.47 Å². The van der Waals surface area contributed by atoms with E-state index in [1.54, 1.807) is 12.1 Å². The zero-order valence-electron chi connectivity index (χ0n) is 6.89. The second-order valence-corrected chi connectivity index (χ2v) is 4.63. The Morgan fingerprint density at radius 3 is 2.64 bits per heavy atom. The summed E-state index contributed by atoms with van der Waals surface area (Å²) in [5.74, 6) is -0.135. The van der Waals surface area contributed by atoms with Crippen molar-refractivity contribution < 1.29 is 9.53 Å². The highest BCUT2D eigenvalue weighted by molar-refractivity contribution is 9.11. The highest BCUT2D eigenvalue weighted by Gasteiger charge is 2.09. The summed E-state index contributed by atoms with van der Waals surface area (Å²) in [6, 6.07) is 3.44. The number of hydrogen-bond donors (Lipinski definition) is 1. The zero-order chi connectivity index (χ0) is 10.7. The van der Waals surface area contributed by atoms with Gasteiger partial charge in [-0.3, -0.25) is 4.79 Å². The maximum atomic E-state index is 10.5. The monoisotopic (exact) mass is 341 g/mol. The van der Waals surface area contributed by atoms with E-state index in [1.165, 1.54) is 0 Å². The van der Waals surface area contributed by atoms with Gasteiger partial charge in [0.15, 0.2) is 12.4 Å². The maximum absolute atomic E-state index is 10.5. The van der Waals surface area contributed by atoms with E-state index in [4.69, 9.17) is 22.1 Å². The quantitative estimate of drug-likeness (QED) is 0.917. The molecule has 0 aromatic heterocycles. The van der Waals surface area contributed by atoms with Crippen LogP contribution in [0.25, 0.3) is 0 Å². The first kappa shape index (κ1) is 11.8. The summed E-state index contributed by atoms with van der Waals surface area (Å²) in [6.07, 6.45) is 0. The summed E-state index contributed by atoms with van der Waals surface area (Å²) in [7, 11) is 0. The summed E-state index contributed by atoms with van der Waals surface area (Å²) in [5.41, 5.74) is 4.94. The molecule has 1 aromatic carbocycles. The van der Waals surface area contributed by atoms with Crippen molar-refractivity contribution >= 4 is 49.4 Å². The van der Waals surface area contributed by atoms with Crippen LogP contribution in [0.15, 0.2) is 21.1 Å². The molecule has 0 saturated carbocycles. The standard InChI is InChI=1S/C8H6Br2ClNO2/c9-4-1-5(10)8(6(11)2-4)14-3-7(12)13/h1-2H,3H2,(H2,12,13). The number of nitrogens with two attached hydrogens (primary N) is 1. The number of carbonyl (C=O) groups excluding carboxylic acids is 1. The number of halogens is 3. The topological polar surface area (TPSA) is 52.3 Å². The Morgan fingerprint density at radius 1 is 1.50 bits per heavy atom. The van der Waals surface area contributed by atoms with Crippen molar-refractivity contribution in [3.8, 4) is 5.75 Å². The summed E-state index contributed by atoms with van der Waals surface area (Å²) in [6.45, 7) is -0.194. The van der Waals surface area contributed by atoms with Crippen molar-refractivity contribution in [1.82, 2.24) is 0 Å². The van der Waals surface area contributed by atoms with Crippen LogP contribution in [0.1, 0.15) is 0 Å². The van der Waals surface area contributed by atoms with E-state index in [0.29, 0.717) is 15.2 Å². The fraction of sp³-hybridized carbons (Fsp3) is 0.125. The molecule has 76 valence electrons. The summed E-state index contributed by atoms with van der Waals surface area (Å²) in [5, 5.41) is 0.410. The predicted octanol–water partition coefficient (Wildman–Crippen LogP) is 2.73. The largest absolute Gasteiger partial charge is 0.481 e. The van der Waals surface area contributed by atoms with Crippen molar-refractivity contribution in [2.75, 3.05) is 6.61 Å². The van der Waals surface area contributed by atoms with E-state index >= 15 is 0 Å². The molecule has 0 aliphatic rings. The number of amides is 1. The summed E-state index contributed by atoms with van der Waals surface area (Å²) < 4.78 is 6.59. The van der Waals surface area contributed by atoms with E-state index in [9.17, 15) is 4.79 Å². The smallest absolute Gasteiger partial charge is 0.255 e. The molecule has 0 heterocycles. The van der Waals surface area contributed by atoms with Crippen LogP contribution in [0.2, 0.25) is 5.02 Å². The van der Waals surface area contributed by atoms with Gasteiger partial charge in [0.25, 0.3) is 5.91 Å². The Kier molecular flexibility index (Phi) is 4.22. The van der Waals surface area contributed by atoms with Crippen LogP contribution in [0.4, 0.5) is 0 Å². The van der Waals surface area contributed by atoms with E-state index in [-0.39, 0.29) is 6.61 Å². The molecule has 0 aliphatic heterocycles. The highest BCUT2D eigenvalue weighted by atomic mass is 79.9. The molecular formula is C8H6Br2ClNO2. The molecule has 1 amide bonds. The van der Waals surface area contributed by atoms with Crippen molar-refractivity contribution in [2.45, 2.75) is 0 Å². The fourth-order valence-electron chi connectivity index (χ4n) is 0.810. The van der Waals surface area contributed by atoms with Crippen LogP contribution in [0.5, 0.6) is 5.75 Å². The maximum Gasteiger partial charge on any atom is 0.255 e. The van der Waals surface area contributed by atoms with E-state index in [1.807, 2.05) is 0 Å². The minimum Gasteiger partial charge on any atom is -0.481 e. The SMILES string of the molecule is NC(=O)COc1c(Cl)cc(Br)cc1Br. The first-order valence-corrected chi connectivity index (χ1v) is 5.52. The Morgan fingerprint density at radius 2 is 2.14 bits per heavy atom. The predicted molar refractivity (Wildman–Crippen MR) is 61.5 cm³/mol. The van der Waals surface area contributed by atoms with Crippen molar-refractivity contribution in [3.05, 3.63) is 26.1 Å². The van der Waals surface area contributed by atoms with Gasteiger partial charge in [-0.15, -0.1) is 0 Å². The molecule has 14 heavy (non-hydrogen) atoms. The minimum absolute atomic E-state index is 0.194. The van der Waals surface area contributed by atoms with Gasteiger partial charge in [-0.2, -0.15) is 0 Å². The number of primary amides is 1. The Bertz CT molecular complexity index is 347. The third-order valence-corrected chi connectivity index (χ3v) is 2.65. The first-order chi connectivity index (χ1) is 6.50. The average molecular weight is 343 g/mol. The first-order valence-electron chi connectivity index (χ1n) is 3.56. The number of hydrogen-bond acceptors (Lipinski definition) is 2. The lowest BCUT2D eigenvalue weighted by atomic mass is 10.3. The second kappa shape index (κ2) is 5.00. The van der Waals surface area contributed by atoms with Crippen LogP contribution in [-0.4, -0.2) is 12.5 Å². The molecule has 0 unspecified atom stereocenters. The molecule has 0 aliphatic carbocycles. The lowest BCUT2D eigenvalue weighted by Gasteiger charge is -2.08. The van der Waals surface area contributed by atoms with Crippen molar-refractivity contribution in [3.63, 3.8) is 0 Å². The van der Waals surface area contributed by atoms with Gasteiger partial charge in [0.05, 0.1) is 9.50 Å². The molecule has 0 saturated heterocycles. The Balaban J connectivity index is 2.91.